The molecule has 1 N–H and O–H groups in total. The number of aryl methyl sites for hydroxylation is 1. The van der Waals surface area contributed by atoms with E-state index < -0.39 is 23.8 Å². The highest BCUT2D eigenvalue weighted by molar-refractivity contribution is 6.39. The van der Waals surface area contributed by atoms with Crippen LogP contribution in [0.15, 0.2) is 70.7 Å². The van der Waals surface area contributed by atoms with Crippen LogP contribution >= 0.6 is 0 Å². The molecule has 0 saturated carbocycles. The van der Waals surface area contributed by atoms with E-state index in [1.54, 1.807) is 61.5 Å². The first kappa shape index (κ1) is 21.8. The third-order valence-electron chi connectivity index (χ3n) is 4.96. The second-order valence-corrected chi connectivity index (χ2v) is 7.26. The van der Waals surface area contributed by atoms with Gasteiger partial charge in [-0.3, -0.25) is 14.9 Å². The number of esters is 1. The molecule has 1 fully saturated rings. The summed E-state index contributed by atoms with van der Waals surface area (Å²) in [5, 5.41) is 2.18. The number of hydrogen-bond acceptors (Lipinski definition) is 6. The SMILES string of the molecule is CCOC(=O)c1ccccc1-c1ccc(/C=C2\C(=O)NC(=O)N(c3cccc(C)c3)C2=O)o1. The monoisotopic (exact) mass is 444 g/mol. The maximum atomic E-state index is 13.0. The van der Waals surface area contributed by atoms with Gasteiger partial charge in [-0.15, -0.1) is 0 Å². The molecule has 2 aromatic carbocycles. The number of nitrogens with one attached hydrogen (secondary N) is 1. The van der Waals surface area contributed by atoms with Crippen molar-refractivity contribution >= 4 is 35.6 Å². The number of carbonyl (C=O) groups excluding carboxylic acids is 4. The maximum absolute atomic E-state index is 13.0. The van der Waals surface area contributed by atoms with Crippen LogP contribution in [-0.4, -0.2) is 30.4 Å². The number of anilines is 1. The molecule has 0 unspecified atom stereocenters. The van der Waals surface area contributed by atoms with Crippen LogP contribution in [0, 0.1) is 6.92 Å². The molecule has 0 radical (unpaired) electrons. The summed E-state index contributed by atoms with van der Waals surface area (Å²) < 4.78 is 10.9. The van der Waals surface area contributed by atoms with E-state index in [4.69, 9.17) is 9.15 Å². The van der Waals surface area contributed by atoms with Crippen LogP contribution in [0.4, 0.5) is 10.5 Å². The Kier molecular flexibility index (Phi) is 5.91. The van der Waals surface area contributed by atoms with Crippen LogP contribution in [0.25, 0.3) is 17.4 Å². The molecule has 0 spiro atoms. The van der Waals surface area contributed by atoms with Crippen molar-refractivity contribution in [2.45, 2.75) is 13.8 Å². The van der Waals surface area contributed by atoms with Crippen molar-refractivity contribution in [3.05, 3.63) is 83.1 Å². The summed E-state index contributed by atoms with van der Waals surface area (Å²) in [4.78, 5) is 50.9. The van der Waals surface area contributed by atoms with Gasteiger partial charge in [0.2, 0.25) is 0 Å². The summed E-state index contributed by atoms with van der Waals surface area (Å²) in [7, 11) is 0. The average molecular weight is 444 g/mol. The fourth-order valence-electron chi connectivity index (χ4n) is 3.46. The topological polar surface area (TPSA) is 106 Å². The lowest BCUT2D eigenvalue weighted by molar-refractivity contribution is -0.122. The van der Waals surface area contributed by atoms with Gasteiger partial charge >= 0.3 is 12.0 Å². The predicted molar refractivity (Wildman–Crippen MR) is 120 cm³/mol. The van der Waals surface area contributed by atoms with Gasteiger partial charge in [0, 0.05) is 5.56 Å². The molecule has 0 aliphatic carbocycles. The summed E-state index contributed by atoms with van der Waals surface area (Å²) in [6.07, 6.45) is 1.27. The fourth-order valence-corrected chi connectivity index (χ4v) is 3.46. The van der Waals surface area contributed by atoms with Gasteiger partial charge in [0.1, 0.15) is 17.1 Å². The Morgan fingerprint density at radius 1 is 1.06 bits per heavy atom. The number of furan rings is 1. The number of amides is 4. The van der Waals surface area contributed by atoms with E-state index in [0.29, 0.717) is 22.6 Å². The Morgan fingerprint density at radius 3 is 2.61 bits per heavy atom. The molecule has 4 amide bonds. The molecule has 1 saturated heterocycles. The van der Waals surface area contributed by atoms with Crippen LogP contribution in [0.3, 0.4) is 0 Å². The molecule has 8 heteroatoms. The first-order valence-electron chi connectivity index (χ1n) is 10.2. The summed E-state index contributed by atoms with van der Waals surface area (Å²) in [6.45, 7) is 3.78. The van der Waals surface area contributed by atoms with E-state index in [9.17, 15) is 19.2 Å². The highest BCUT2D eigenvalue weighted by Gasteiger charge is 2.37. The normalized spacial score (nSPS) is 15.0. The van der Waals surface area contributed by atoms with Gasteiger partial charge in [0.25, 0.3) is 11.8 Å². The number of benzene rings is 2. The number of barbiturate groups is 1. The first-order chi connectivity index (χ1) is 15.9. The molecule has 166 valence electrons. The summed E-state index contributed by atoms with van der Waals surface area (Å²) in [5.74, 6) is -1.50. The van der Waals surface area contributed by atoms with Crippen molar-refractivity contribution in [1.82, 2.24) is 5.32 Å². The Labute approximate surface area is 189 Å². The fraction of sp³-hybridized carbons (Fsp3) is 0.120. The Balaban J connectivity index is 1.68. The zero-order chi connectivity index (χ0) is 23.5. The van der Waals surface area contributed by atoms with Crippen molar-refractivity contribution in [3.8, 4) is 11.3 Å². The van der Waals surface area contributed by atoms with Gasteiger partial charge in [0.15, 0.2) is 0 Å². The van der Waals surface area contributed by atoms with Crippen molar-refractivity contribution in [2.75, 3.05) is 11.5 Å². The molecule has 1 aromatic heterocycles. The van der Waals surface area contributed by atoms with Crippen LogP contribution in [-0.2, 0) is 14.3 Å². The number of ether oxygens (including phenoxy) is 1. The smallest absolute Gasteiger partial charge is 0.338 e. The number of hydrogen-bond donors (Lipinski definition) is 1. The number of nitrogens with zero attached hydrogens (tertiary/aromatic N) is 1. The molecule has 8 nitrogen and oxygen atoms in total. The zero-order valence-corrected chi connectivity index (χ0v) is 18.0. The van der Waals surface area contributed by atoms with Crippen molar-refractivity contribution in [1.29, 1.82) is 0 Å². The minimum Gasteiger partial charge on any atom is -0.462 e. The molecule has 0 bridgehead atoms. The molecule has 0 atom stereocenters. The van der Waals surface area contributed by atoms with Crippen LogP contribution in [0.1, 0.15) is 28.6 Å². The summed E-state index contributed by atoms with van der Waals surface area (Å²) in [6, 6.07) is 16.0. The lowest BCUT2D eigenvalue weighted by Crippen LogP contribution is -2.54. The lowest BCUT2D eigenvalue weighted by Gasteiger charge is -2.26. The van der Waals surface area contributed by atoms with E-state index >= 15 is 0 Å². The van der Waals surface area contributed by atoms with E-state index in [1.165, 1.54) is 6.08 Å². The van der Waals surface area contributed by atoms with Crippen molar-refractivity contribution in [3.63, 3.8) is 0 Å². The maximum Gasteiger partial charge on any atom is 0.338 e. The molecule has 4 rings (SSSR count). The van der Waals surface area contributed by atoms with Crippen LogP contribution in [0.2, 0.25) is 0 Å². The number of carbonyl (C=O) groups is 4. The highest BCUT2D eigenvalue weighted by Crippen LogP contribution is 2.28. The Hall–Kier alpha value is -4.46. The molecular weight excluding hydrogens is 424 g/mol. The Bertz CT molecular complexity index is 1300. The number of imide groups is 2. The second kappa shape index (κ2) is 8.96. The number of urea groups is 1. The van der Waals surface area contributed by atoms with Crippen molar-refractivity contribution < 1.29 is 28.3 Å². The third-order valence-corrected chi connectivity index (χ3v) is 4.96. The summed E-state index contributed by atoms with van der Waals surface area (Å²) in [5.41, 5.74) is 1.79. The van der Waals surface area contributed by atoms with Gasteiger partial charge in [-0.1, -0.05) is 30.3 Å². The lowest BCUT2D eigenvalue weighted by atomic mass is 10.1. The number of rotatable bonds is 5. The minimum atomic E-state index is -0.823. The standard InChI is InChI=1S/C25H20N2O6/c1-3-32-24(30)19-10-5-4-9-18(19)21-12-11-17(33-21)14-20-22(28)26-25(31)27(23(20)29)16-8-6-7-15(2)13-16/h4-14H,3H2,1-2H3,(H,26,28,31)/b20-14+. The molecule has 1 aliphatic heterocycles. The second-order valence-electron chi connectivity index (χ2n) is 7.26. The van der Waals surface area contributed by atoms with Gasteiger partial charge < -0.3 is 9.15 Å². The summed E-state index contributed by atoms with van der Waals surface area (Å²) >= 11 is 0. The highest BCUT2D eigenvalue weighted by atomic mass is 16.5. The van der Waals surface area contributed by atoms with Gasteiger partial charge in [0.05, 0.1) is 17.9 Å². The van der Waals surface area contributed by atoms with E-state index in [0.717, 1.165) is 10.5 Å². The zero-order valence-electron chi connectivity index (χ0n) is 18.0. The average Bonchev–Trinajstić information content (AvgIpc) is 3.25. The third kappa shape index (κ3) is 4.31. The molecule has 3 aromatic rings. The quantitative estimate of drug-likeness (QED) is 0.361. The van der Waals surface area contributed by atoms with Crippen LogP contribution < -0.4 is 10.2 Å². The minimum absolute atomic E-state index is 0.209. The van der Waals surface area contributed by atoms with Gasteiger partial charge in [-0.05, 0) is 55.8 Å². The first-order valence-corrected chi connectivity index (χ1v) is 10.2. The molecule has 2 heterocycles. The van der Waals surface area contributed by atoms with E-state index in [1.807, 2.05) is 13.0 Å². The molecule has 1 aliphatic rings. The van der Waals surface area contributed by atoms with Gasteiger partial charge in [-0.2, -0.15) is 0 Å². The van der Waals surface area contributed by atoms with Crippen LogP contribution in [0.5, 0.6) is 0 Å². The largest absolute Gasteiger partial charge is 0.462 e. The van der Waals surface area contributed by atoms with E-state index in [-0.39, 0.29) is 17.9 Å². The van der Waals surface area contributed by atoms with Gasteiger partial charge in [-0.25, -0.2) is 14.5 Å². The van der Waals surface area contributed by atoms with Crippen molar-refractivity contribution in [2.24, 2.45) is 0 Å². The Morgan fingerprint density at radius 2 is 1.85 bits per heavy atom. The molecular formula is C25H20N2O6. The van der Waals surface area contributed by atoms with E-state index in [2.05, 4.69) is 5.32 Å². The predicted octanol–water partition coefficient (Wildman–Crippen LogP) is 4.10. The molecule has 33 heavy (non-hydrogen) atoms.